The fourth-order valence-electron chi connectivity index (χ4n) is 1.98. The Hall–Kier alpha value is -1.55. The Bertz CT molecular complexity index is 596. The Morgan fingerprint density at radius 1 is 1.00 bits per heavy atom. The smallest absolute Gasteiger partial charge is 0.163 e. The molecule has 1 unspecified atom stereocenters. The van der Waals surface area contributed by atoms with E-state index in [1.54, 1.807) is 6.07 Å². The molecule has 4 heteroatoms. The van der Waals surface area contributed by atoms with Gasteiger partial charge in [-0.25, -0.2) is 4.39 Å². The van der Waals surface area contributed by atoms with Crippen molar-refractivity contribution in [3.63, 3.8) is 0 Å². The van der Waals surface area contributed by atoms with E-state index in [9.17, 15) is 4.39 Å². The van der Waals surface area contributed by atoms with Gasteiger partial charge in [0.1, 0.15) is 5.82 Å². The number of aryl methyl sites for hydroxylation is 1. The summed E-state index contributed by atoms with van der Waals surface area (Å²) in [7, 11) is 3.03. The molecule has 2 rings (SSSR count). The van der Waals surface area contributed by atoms with Crippen LogP contribution < -0.4 is 9.47 Å². The second-order valence-electron chi connectivity index (χ2n) is 4.50. The highest BCUT2D eigenvalue weighted by molar-refractivity contribution is 9.09. The van der Waals surface area contributed by atoms with Crippen molar-refractivity contribution in [1.29, 1.82) is 0 Å². The van der Waals surface area contributed by atoms with E-state index in [-0.39, 0.29) is 10.6 Å². The van der Waals surface area contributed by atoms with Crippen molar-refractivity contribution in [3.05, 3.63) is 58.9 Å². The van der Waals surface area contributed by atoms with Crippen LogP contribution in [0.5, 0.6) is 11.5 Å². The quantitative estimate of drug-likeness (QED) is 0.756. The van der Waals surface area contributed by atoms with Crippen LogP contribution in [0.3, 0.4) is 0 Å². The first-order valence-electron chi connectivity index (χ1n) is 6.19. The first-order chi connectivity index (χ1) is 9.56. The summed E-state index contributed by atoms with van der Waals surface area (Å²) in [6.07, 6.45) is 0. The first kappa shape index (κ1) is 14.9. The third kappa shape index (κ3) is 2.96. The summed E-state index contributed by atoms with van der Waals surface area (Å²) in [6, 6.07) is 11.0. The van der Waals surface area contributed by atoms with Gasteiger partial charge in [0.05, 0.1) is 19.0 Å². The molecule has 2 aromatic rings. The van der Waals surface area contributed by atoms with Crippen LogP contribution in [0.25, 0.3) is 0 Å². The number of hydrogen-bond acceptors (Lipinski definition) is 2. The molecule has 106 valence electrons. The van der Waals surface area contributed by atoms with Gasteiger partial charge in [-0.2, -0.15) is 0 Å². The molecule has 0 aliphatic rings. The Kier molecular flexibility index (Phi) is 4.65. The van der Waals surface area contributed by atoms with Crippen molar-refractivity contribution in [1.82, 2.24) is 0 Å². The van der Waals surface area contributed by atoms with Gasteiger partial charge in [0.15, 0.2) is 11.5 Å². The molecule has 20 heavy (non-hydrogen) atoms. The molecule has 0 saturated heterocycles. The van der Waals surface area contributed by atoms with E-state index in [2.05, 4.69) is 15.9 Å². The minimum Gasteiger partial charge on any atom is -0.493 e. The predicted molar refractivity (Wildman–Crippen MR) is 81.5 cm³/mol. The number of alkyl halides is 1. The number of ether oxygens (including phenoxy) is 2. The van der Waals surface area contributed by atoms with Gasteiger partial charge >= 0.3 is 0 Å². The number of halogens is 2. The van der Waals surface area contributed by atoms with E-state index in [1.807, 2.05) is 31.2 Å². The maximum atomic E-state index is 14.2. The molecule has 0 N–H and O–H groups in total. The molecule has 0 spiro atoms. The maximum Gasteiger partial charge on any atom is 0.163 e. The standard InChI is InChI=1S/C16H16BrFO2/c1-10-4-6-11(7-5-10)16(17)12-8-14(19-2)15(20-3)9-13(12)18/h4-9,16H,1-3H3. The number of hydrogen-bond donors (Lipinski definition) is 0. The van der Waals surface area contributed by atoms with Crippen LogP contribution in [-0.4, -0.2) is 14.2 Å². The van der Waals surface area contributed by atoms with E-state index in [1.165, 1.54) is 25.8 Å². The first-order valence-corrected chi connectivity index (χ1v) is 7.10. The lowest BCUT2D eigenvalue weighted by Gasteiger charge is -2.15. The van der Waals surface area contributed by atoms with Crippen molar-refractivity contribution in [2.75, 3.05) is 14.2 Å². The van der Waals surface area contributed by atoms with Crippen LogP contribution in [0.4, 0.5) is 4.39 Å². The van der Waals surface area contributed by atoms with E-state index >= 15 is 0 Å². The van der Waals surface area contributed by atoms with Crippen molar-refractivity contribution in [2.45, 2.75) is 11.8 Å². The normalized spacial score (nSPS) is 12.1. The lowest BCUT2D eigenvalue weighted by molar-refractivity contribution is 0.351. The molecule has 0 bridgehead atoms. The summed E-state index contributed by atoms with van der Waals surface area (Å²) >= 11 is 3.54. The van der Waals surface area contributed by atoms with Gasteiger partial charge in [-0.3, -0.25) is 0 Å². The van der Waals surface area contributed by atoms with Crippen LogP contribution in [0.1, 0.15) is 21.5 Å². The number of methoxy groups -OCH3 is 2. The predicted octanol–water partition coefficient (Wildman–Crippen LogP) is 4.64. The zero-order valence-corrected chi connectivity index (χ0v) is 13.2. The van der Waals surface area contributed by atoms with Crippen molar-refractivity contribution < 1.29 is 13.9 Å². The minimum absolute atomic E-state index is 0.233. The maximum absolute atomic E-state index is 14.2. The monoisotopic (exact) mass is 338 g/mol. The Morgan fingerprint density at radius 2 is 1.55 bits per heavy atom. The summed E-state index contributed by atoms with van der Waals surface area (Å²) in [6.45, 7) is 2.02. The molecule has 0 saturated carbocycles. The van der Waals surface area contributed by atoms with Gasteiger partial charge in [0.2, 0.25) is 0 Å². The third-order valence-electron chi connectivity index (χ3n) is 3.15. The SMILES string of the molecule is COc1cc(F)c(C(Br)c2ccc(C)cc2)cc1OC. The molecule has 0 heterocycles. The number of rotatable bonds is 4. The molecule has 0 aromatic heterocycles. The lowest BCUT2D eigenvalue weighted by atomic mass is 10.0. The number of benzene rings is 2. The summed E-state index contributed by atoms with van der Waals surface area (Å²) in [5, 5.41) is 0. The van der Waals surface area contributed by atoms with Gasteiger partial charge < -0.3 is 9.47 Å². The summed E-state index contributed by atoms with van der Waals surface area (Å²) in [5.41, 5.74) is 2.68. The largest absolute Gasteiger partial charge is 0.493 e. The molecular formula is C16H16BrFO2. The molecule has 0 aliphatic heterocycles. The van der Waals surface area contributed by atoms with Crippen LogP contribution in [0.15, 0.2) is 36.4 Å². The highest BCUT2D eigenvalue weighted by Crippen LogP contribution is 2.38. The van der Waals surface area contributed by atoms with Crippen LogP contribution >= 0.6 is 15.9 Å². The van der Waals surface area contributed by atoms with Gasteiger partial charge in [0, 0.05) is 11.6 Å². The lowest BCUT2D eigenvalue weighted by Crippen LogP contribution is -2.00. The Labute approximate surface area is 126 Å². The fourth-order valence-corrected chi connectivity index (χ4v) is 2.64. The van der Waals surface area contributed by atoms with Crippen molar-refractivity contribution in [2.24, 2.45) is 0 Å². The van der Waals surface area contributed by atoms with Gasteiger partial charge in [-0.15, -0.1) is 0 Å². The van der Waals surface area contributed by atoms with Crippen LogP contribution in [0, 0.1) is 12.7 Å². The second kappa shape index (κ2) is 6.27. The molecular weight excluding hydrogens is 323 g/mol. The van der Waals surface area contributed by atoms with E-state index in [4.69, 9.17) is 9.47 Å². The fraction of sp³-hybridized carbons (Fsp3) is 0.250. The molecule has 2 nitrogen and oxygen atoms in total. The second-order valence-corrected chi connectivity index (χ2v) is 5.42. The average molecular weight is 339 g/mol. The zero-order chi connectivity index (χ0) is 14.7. The summed E-state index contributed by atoms with van der Waals surface area (Å²) in [5.74, 6) is 0.572. The molecule has 0 aliphatic carbocycles. The van der Waals surface area contributed by atoms with Crippen molar-refractivity contribution >= 4 is 15.9 Å². The average Bonchev–Trinajstić information content (AvgIpc) is 2.47. The minimum atomic E-state index is -0.329. The van der Waals surface area contributed by atoms with Crippen LogP contribution in [0.2, 0.25) is 0 Å². The summed E-state index contributed by atoms with van der Waals surface area (Å²) < 4.78 is 24.5. The van der Waals surface area contributed by atoms with E-state index < -0.39 is 0 Å². The highest BCUT2D eigenvalue weighted by Gasteiger charge is 2.18. The van der Waals surface area contributed by atoms with E-state index in [0.717, 1.165) is 5.56 Å². The molecule has 0 amide bonds. The van der Waals surface area contributed by atoms with Gasteiger partial charge in [-0.1, -0.05) is 45.8 Å². The third-order valence-corrected chi connectivity index (χ3v) is 4.17. The Morgan fingerprint density at radius 3 is 2.10 bits per heavy atom. The Balaban J connectivity index is 2.43. The van der Waals surface area contributed by atoms with E-state index in [0.29, 0.717) is 17.1 Å². The van der Waals surface area contributed by atoms with Gasteiger partial charge in [0.25, 0.3) is 0 Å². The molecule has 2 aromatic carbocycles. The molecule has 0 radical (unpaired) electrons. The zero-order valence-electron chi connectivity index (χ0n) is 11.6. The van der Waals surface area contributed by atoms with Crippen molar-refractivity contribution in [3.8, 4) is 11.5 Å². The highest BCUT2D eigenvalue weighted by atomic mass is 79.9. The molecule has 1 atom stereocenters. The van der Waals surface area contributed by atoms with Crippen LogP contribution in [-0.2, 0) is 0 Å². The topological polar surface area (TPSA) is 18.5 Å². The van der Waals surface area contributed by atoms with Gasteiger partial charge in [-0.05, 0) is 18.6 Å². The summed E-state index contributed by atoms with van der Waals surface area (Å²) in [4.78, 5) is -0.233. The molecule has 0 fully saturated rings.